The van der Waals surface area contributed by atoms with Crippen molar-refractivity contribution in [1.82, 2.24) is 19.8 Å². The van der Waals surface area contributed by atoms with Crippen molar-refractivity contribution in [3.63, 3.8) is 0 Å². The van der Waals surface area contributed by atoms with Crippen LogP contribution in [0.4, 0.5) is 0 Å². The van der Waals surface area contributed by atoms with Crippen LogP contribution >= 0.6 is 0 Å². The highest BCUT2D eigenvalue weighted by Gasteiger charge is 2.52. The standard InChI is InChI=1S/C22H36N4O2/c1-2-3-6-20-23-15-17(24-20)16-25-13-4-11-22(25)12-5-14-26(21(22)28)18-7-9-19(27)10-8-18/h15,18-19,27H,2-14,16H2,1H3,(H,23,24). The van der Waals surface area contributed by atoms with Gasteiger partial charge in [0, 0.05) is 37.4 Å². The van der Waals surface area contributed by atoms with Crippen LogP contribution in [0.2, 0.25) is 0 Å². The summed E-state index contributed by atoms with van der Waals surface area (Å²) in [7, 11) is 0. The van der Waals surface area contributed by atoms with Crippen molar-refractivity contribution >= 4 is 5.91 Å². The van der Waals surface area contributed by atoms with E-state index in [1.54, 1.807) is 0 Å². The van der Waals surface area contributed by atoms with Gasteiger partial charge in [-0.15, -0.1) is 0 Å². The summed E-state index contributed by atoms with van der Waals surface area (Å²) in [6.45, 7) is 4.88. The van der Waals surface area contributed by atoms with Gasteiger partial charge in [0.15, 0.2) is 0 Å². The Labute approximate surface area is 168 Å². The maximum Gasteiger partial charge on any atom is 0.243 e. The molecule has 28 heavy (non-hydrogen) atoms. The van der Waals surface area contributed by atoms with Gasteiger partial charge in [0.05, 0.1) is 6.10 Å². The zero-order valence-corrected chi connectivity index (χ0v) is 17.3. The lowest BCUT2D eigenvalue weighted by Gasteiger charge is -2.48. The van der Waals surface area contributed by atoms with Gasteiger partial charge in [-0.05, 0) is 64.3 Å². The molecule has 3 heterocycles. The van der Waals surface area contributed by atoms with E-state index in [0.29, 0.717) is 11.9 Å². The van der Waals surface area contributed by atoms with Crippen LogP contribution in [-0.2, 0) is 17.8 Å². The van der Waals surface area contributed by atoms with Gasteiger partial charge in [0.1, 0.15) is 11.4 Å². The fraction of sp³-hybridized carbons (Fsp3) is 0.818. The third-order valence-corrected chi connectivity index (χ3v) is 7.19. The molecule has 6 heteroatoms. The third-order valence-electron chi connectivity index (χ3n) is 7.19. The smallest absolute Gasteiger partial charge is 0.243 e. The molecule has 1 saturated carbocycles. The van der Waals surface area contributed by atoms with Gasteiger partial charge in [-0.25, -0.2) is 4.98 Å². The topological polar surface area (TPSA) is 72.5 Å². The number of imidazole rings is 1. The molecule has 2 aliphatic heterocycles. The minimum absolute atomic E-state index is 0.171. The lowest BCUT2D eigenvalue weighted by Crippen LogP contribution is -2.62. The number of piperidine rings is 1. The van der Waals surface area contributed by atoms with Gasteiger partial charge in [0.25, 0.3) is 0 Å². The number of nitrogens with one attached hydrogen (secondary N) is 1. The molecule has 1 aromatic heterocycles. The first-order valence-corrected chi connectivity index (χ1v) is 11.4. The van der Waals surface area contributed by atoms with Crippen LogP contribution in [-0.4, -0.2) is 61.6 Å². The van der Waals surface area contributed by atoms with Crippen molar-refractivity contribution in [3.05, 3.63) is 17.7 Å². The lowest BCUT2D eigenvalue weighted by atomic mass is 9.82. The number of aromatic nitrogens is 2. The van der Waals surface area contributed by atoms with Crippen molar-refractivity contribution in [2.24, 2.45) is 0 Å². The minimum atomic E-state index is -0.316. The predicted octanol–water partition coefficient (Wildman–Crippen LogP) is 3.01. The van der Waals surface area contributed by atoms with E-state index in [9.17, 15) is 9.90 Å². The molecule has 1 aromatic rings. The summed E-state index contributed by atoms with van der Waals surface area (Å²) in [5.74, 6) is 1.42. The van der Waals surface area contributed by atoms with E-state index in [1.807, 2.05) is 6.20 Å². The molecule has 1 spiro atoms. The molecule has 6 nitrogen and oxygen atoms in total. The number of aliphatic hydroxyl groups is 1. The number of amides is 1. The Morgan fingerprint density at radius 1 is 1.21 bits per heavy atom. The Kier molecular flexibility index (Phi) is 6.07. The van der Waals surface area contributed by atoms with Crippen molar-refractivity contribution in [2.75, 3.05) is 13.1 Å². The van der Waals surface area contributed by atoms with Gasteiger partial charge < -0.3 is 15.0 Å². The quantitative estimate of drug-likeness (QED) is 0.786. The number of unbranched alkanes of at least 4 members (excludes halogenated alkanes) is 1. The summed E-state index contributed by atoms with van der Waals surface area (Å²) in [6, 6.07) is 0.323. The molecule has 3 aliphatic rings. The van der Waals surface area contributed by atoms with Crippen molar-refractivity contribution < 1.29 is 9.90 Å². The van der Waals surface area contributed by atoms with E-state index in [2.05, 4.69) is 26.7 Å². The van der Waals surface area contributed by atoms with Crippen LogP contribution in [0, 0.1) is 0 Å². The number of carbonyl (C=O) groups is 1. The third kappa shape index (κ3) is 3.86. The Hall–Kier alpha value is -1.40. The van der Waals surface area contributed by atoms with Gasteiger partial charge in [-0.2, -0.15) is 0 Å². The van der Waals surface area contributed by atoms with Crippen LogP contribution in [0.3, 0.4) is 0 Å². The van der Waals surface area contributed by atoms with E-state index >= 15 is 0 Å². The minimum Gasteiger partial charge on any atom is -0.393 e. The second-order valence-electron chi connectivity index (χ2n) is 9.08. The lowest BCUT2D eigenvalue weighted by molar-refractivity contribution is -0.152. The number of aliphatic hydroxyl groups excluding tert-OH is 1. The van der Waals surface area contributed by atoms with Crippen LogP contribution in [0.25, 0.3) is 0 Å². The average Bonchev–Trinajstić information content (AvgIpc) is 3.31. The number of nitrogens with zero attached hydrogens (tertiary/aromatic N) is 3. The number of likely N-dealkylation sites (tertiary alicyclic amines) is 2. The highest BCUT2D eigenvalue weighted by atomic mass is 16.3. The number of hydrogen-bond donors (Lipinski definition) is 2. The highest BCUT2D eigenvalue weighted by Crippen LogP contribution is 2.41. The number of aromatic amines is 1. The molecule has 1 amide bonds. The molecule has 4 rings (SSSR count). The van der Waals surface area contributed by atoms with E-state index in [-0.39, 0.29) is 11.6 Å². The first-order valence-electron chi connectivity index (χ1n) is 11.4. The summed E-state index contributed by atoms with van der Waals surface area (Å²) < 4.78 is 0. The van der Waals surface area contributed by atoms with E-state index in [1.165, 1.54) is 6.42 Å². The summed E-state index contributed by atoms with van der Waals surface area (Å²) in [6.07, 6.45) is 12.8. The summed E-state index contributed by atoms with van der Waals surface area (Å²) in [5.41, 5.74) is 0.821. The van der Waals surface area contributed by atoms with Crippen molar-refractivity contribution in [1.29, 1.82) is 0 Å². The van der Waals surface area contributed by atoms with Crippen molar-refractivity contribution in [2.45, 2.75) is 102 Å². The maximum atomic E-state index is 13.7. The fourth-order valence-electron chi connectivity index (χ4n) is 5.59. The van der Waals surface area contributed by atoms with E-state index in [4.69, 9.17) is 0 Å². The first-order chi connectivity index (χ1) is 13.6. The Bertz CT molecular complexity index is 667. The number of rotatable bonds is 6. The maximum absolute atomic E-state index is 13.7. The largest absolute Gasteiger partial charge is 0.393 e. The van der Waals surface area contributed by atoms with Gasteiger partial charge >= 0.3 is 0 Å². The number of aryl methyl sites for hydroxylation is 1. The molecule has 1 aliphatic carbocycles. The van der Waals surface area contributed by atoms with Crippen LogP contribution in [0.15, 0.2) is 6.20 Å². The number of H-pyrrole nitrogens is 1. The predicted molar refractivity (Wildman–Crippen MR) is 109 cm³/mol. The average molecular weight is 389 g/mol. The Balaban J connectivity index is 1.46. The number of hydrogen-bond acceptors (Lipinski definition) is 4. The van der Waals surface area contributed by atoms with E-state index < -0.39 is 0 Å². The molecular formula is C22H36N4O2. The molecular weight excluding hydrogens is 352 g/mol. The summed E-state index contributed by atoms with van der Waals surface area (Å²) >= 11 is 0. The highest BCUT2D eigenvalue weighted by molar-refractivity contribution is 5.87. The SMILES string of the molecule is CCCCc1ncc(CN2CCCC23CCCN(C2CCC(O)CC2)C3=O)[nH]1. The monoisotopic (exact) mass is 388 g/mol. The normalized spacial score (nSPS) is 31.8. The van der Waals surface area contributed by atoms with Crippen LogP contribution < -0.4 is 0 Å². The molecule has 3 fully saturated rings. The van der Waals surface area contributed by atoms with Crippen LogP contribution in [0.1, 0.15) is 82.7 Å². The molecule has 1 atom stereocenters. The van der Waals surface area contributed by atoms with Gasteiger partial charge in [-0.1, -0.05) is 13.3 Å². The van der Waals surface area contributed by atoms with Gasteiger partial charge in [0.2, 0.25) is 5.91 Å². The molecule has 0 bridgehead atoms. The second kappa shape index (κ2) is 8.54. The summed E-state index contributed by atoms with van der Waals surface area (Å²) in [5, 5.41) is 9.84. The molecule has 2 N–H and O–H groups in total. The van der Waals surface area contributed by atoms with Crippen molar-refractivity contribution in [3.8, 4) is 0 Å². The molecule has 1 unspecified atom stereocenters. The Morgan fingerprint density at radius 2 is 1.96 bits per heavy atom. The summed E-state index contributed by atoms with van der Waals surface area (Å²) in [4.78, 5) is 26.3. The van der Waals surface area contributed by atoms with Crippen LogP contribution in [0.5, 0.6) is 0 Å². The first kappa shape index (κ1) is 19.9. The zero-order valence-electron chi connectivity index (χ0n) is 17.3. The number of carbonyl (C=O) groups excluding carboxylic acids is 1. The second-order valence-corrected chi connectivity index (χ2v) is 9.08. The zero-order chi connectivity index (χ0) is 19.6. The molecule has 0 radical (unpaired) electrons. The fourth-order valence-corrected chi connectivity index (χ4v) is 5.59. The Morgan fingerprint density at radius 3 is 2.71 bits per heavy atom. The van der Waals surface area contributed by atoms with Gasteiger partial charge in [-0.3, -0.25) is 9.69 Å². The molecule has 0 aromatic carbocycles. The molecule has 2 saturated heterocycles. The molecule has 156 valence electrons. The van der Waals surface area contributed by atoms with E-state index in [0.717, 1.165) is 95.4 Å².